The number of aromatic nitrogens is 1. The minimum atomic E-state index is 0.718. The van der Waals surface area contributed by atoms with Gasteiger partial charge in [-0.05, 0) is 32.1 Å². The highest BCUT2D eigenvalue weighted by molar-refractivity contribution is 7.11. The largest absolute Gasteiger partial charge is 0.308 e. The number of nitrogens with zero attached hydrogens (tertiary/aromatic N) is 1. The lowest BCUT2D eigenvalue weighted by molar-refractivity contribution is 0.425. The monoisotopic (exact) mass is 252 g/mol. The van der Waals surface area contributed by atoms with E-state index in [1.807, 2.05) is 17.5 Å². The van der Waals surface area contributed by atoms with E-state index in [9.17, 15) is 0 Å². The average molecular weight is 252 g/mol. The molecule has 0 spiro atoms. The summed E-state index contributed by atoms with van der Waals surface area (Å²) in [6, 6.07) is 0.718. The zero-order valence-electron chi connectivity index (χ0n) is 11.0. The molecule has 1 aliphatic carbocycles. The Labute approximate surface area is 109 Å². The Kier molecular flexibility index (Phi) is 4.99. The van der Waals surface area contributed by atoms with E-state index in [1.165, 1.54) is 48.4 Å². The molecular formula is C14H24N2S. The predicted octanol–water partition coefficient (Wildman–Crippen LogP) is 3.90. The van der Waals surface area contributed by atoms with Crippen LogP contribution < -0.4 is 5.32 Å². The summed E-state index contributed by atoms with van der Waals surface area (Å²) in [6.45, 7) is 5.41. The molecular weight excluding hydrogens is 228 g/mol. The topological polar surface area (TPSA) is 24.9 Å². The van der Waals surface area contributed by atoms with Gasteiger partial charge >= 0.3 is 0 Å². The Morgan fingerprint density at radius 2 is 2.24 bits per heavy atom. The lowest BCUT2D eigenvalue weighted by Gasteiger charge is -2.15. The lowest BCUT2D eigenvalue weighted by Crippen LogP contribution is -2.27. The molecule has 2 nitrogen and oxygen atoms in total. The van der Waals surface area contributed by atoms with Gasteiger partial charge in [-0.2, -0.15) is 0 Å². The van der Waals surface area contributed by atoms with Crippen LogP contribution in [0.2, 0.25) is 0 Å². The highest BCUT2D eigenvalue weighted by atomic mass is 32.1. The second-order valence-electron chi connectivity index (χ2n) is 5.23. The van der Waals surface area contributed by atoms with Gasteiger partial charge < -0.3 is 5.32 Å². The van der Waals surface area contributed by atoms with Crippen molar-refractivity contribution in [1.82, 2.24) is 10.3 Å². The zero-order valence-corrected chi connectivity index (χ0v) is 11.9. The molecule has 0 saturated heterocycles. The molecule has 96 valence electrons. The van der Waals surface area contributed by atoms with Crippen molar-refractivity contribution < 1.29 is 0 Å². The molecule has 3 heteroatoms. The summed E-state index contributed by atoms with van der Waals surface area (Å²) in [5, 5.41) is 4.92. The van der Waals surface area contributed by atoms with Gasteiger partial charge in [-0.1, -0.05) is 26.2 Å². The highest BCUT2D eigenvalue weighted by Gasteiger charge is 2.17. The summed E-state index contributed by atoms with van der Waals surface area (Å²) in [5.41, 5.74) is 0. The molecule has 1 aromatic heterocycles. The second-order valence-corrected chi connectivity index (χ2v) is 6.54. The smallest absolute Gasteiger partial charge is 0.107 e. The van der Waals surface area contributed by atoms with Gasteiger partial charge in [-0.15, -0.1) is 11.3 Å². The van der Waals surface area contributed by atoms with Crippen LogP contribution in [-0.2, 0) is 6.54 Å². The number of hydrogen-bond donors (Lipinski definition) is 1. The summed E-state index contributed by atoms with van der Waals surface area (Å²) < 4.78 is 0. The van der Waals surface area contributed by atoms with Gasteiger partial charge in [-0.25, -0.2) is 4.98 Å². The standard InChI is InChI=1S/C14H24N2S/c1-3-12-5-4-6-13(8-7-12)15-10-14-16-9-11(2)17-14/h9,12-13,15H,3-8,10H2,1-2H3. The fourth-order valence-electron chi connectivity index (χ4n) is 2.71. The van der Waals surface area contributed by atoms with Crippen LogP contribution in [0.15, 0.2) is 6.20 Å². The molecule has 1 saturated carbocycles. The molecule has 1 heterocycles. The first kappa shape index (κ1) is 13.0. The summed E-state index contributed by atoms with van der Waals surface area (Å²) in [7, 11) is 0. The van der Waals surface area contributed by atoms with E-state index in [-0.39, 0.29) is 0 Å². The van der Waals surface area contributed by atoms with E-state index in [1.54, 1.807) is 0 Å². The molecule has 0 radical (unpaired) electrons. The van der Waals surface area contributed by atoms with Crippen molar-refractivity contribution in [2.45, 2.75) is 65.0 Å². The minimum absolute atomic E-state index is 0.718. The van der Waals surface area contributed by atoms with Gasteiger partial charge in [0.25, 0.3) is 0 Å². The second kappa shape index (κ2) is 6.50. The van der Waals surface area contributed by atoms with Crippen molar-refractivity contribution >= 4 is 11.3 Å². The first-order valence-corrected chi connectivity index (χ1v) is 7.74. The molecule has 2 unspecified atom stereocenters. The van der Waals surface area contributed by atoms with E-state index in [4.69, 9.17) is 0 Å². The third kappa shape index (κ3) is 4.07. The maximum atomic E-state index is 4.41. The summed E-state index contributed by atoms with van der Waals surface area (Å²) in [5.74, 6) is 0.976. The maximum Gasteiger partial charge on any atom is 0.107 e. The Morgan fingerprint density at radius 3 is 2.94 bits per heavy atom. The molecule has 0 amide bonds. The Hall–Kier alpha value is -0.410. The molecule has 1 aliphatic rings. The summed E-state index contributed by atoms with van der Waals surface area (Å²) >= 11 is 1.81. The van der Waals surface area contributed by atoms with Crippen molar-refractivity contribution in [3.8, 4) is 0 Å². The number of thiazole rings is 1. The molecule has 0 aromatic carbocycles. The third-order valence-electron chi connectivity index (χ3n) is 3.88. The van der Waals surface area contributed by atoms with Crippen molar-refractivity contribution in [2.24, 2.45) is 5.92 Å². The minimum Gasteiger partial charge on any atom is -0.308 e. The van der Waals surface area contributed by atoms with Crippen LogP contribution >= 0.6 is 11.3 Å². The fraction of sp³-hybridized carbons (Fsp3) is 0.786. The Balaban J connectivity index is 1.75. The van der Waals surface area contributed by atoms with Crippen LogP contribution in [0.1, 0.15) is 55.3 Å². The summed E-state index contributed by atoms with van der Waals surface area (Å²) in [4.78, 5) is 5.72. The maximum absolute atomic E-state index is 4.41. The molecule has 17 heavy (non-hydrogen) atoms. The fourth-order valence-corrected chi connectivity index (χ4v) is 3.44. The molecule has 2 rings (SSSR count). The highest BCUT2D eigenvalue weighted by Crippen LogP contribution is 2.25. The van der Waals surface area contributed by atoms with Crippen LogP contribution in [-0.4, -0.2) is 11.0 Å². The molecule has 2 atom stereocenters. The van der Waals surface area contributed by atoms with Crippen molar-refractivity contribution in [3.63, 3.8) is 0 Å². The number of hydrogen-bond acceptors (Lipinski definition) is 3. The van der Waals surface area contributed by atoms with Crippen molar-refractivity contribution in [2.75, 3.05) is 0 Å². The first-order chi connectivity index (χ1) is 8.28. The first-order valence-electron chi connectivity index (χ1n) is 6.92. The van der Waals surface area contributed by atoms with Gasteiger partial charge in [0.05, 0.1) is 0 Å². The van der Waals surface area contributed by atoms with Gasteiger partial charge in [-0.3, -0.25) is 0 Å². The van der Waals surface area contributed by atoms with E-state index in [2.05, 4.69) is 24.1 Å². The van der Waals surface area contributed by atoms with E-state index < -0.39 is 0 Å². The van der Waals surface area contributed by atoms with Crippen LogP contribution in [0.4, 0.5) is 0 Å². The number of aryl methyl sites for hydroxylation is 1. The zero-order chi connectivity index (χ0) is 12.1. The van der Waals surface area contributed by atoms with Gasteiger partial charge in [0.15, 0.2) is 0 Å². The quantitative estimate of drug-likeness (QED) is 0.822. The van der Waals surface area contributed by atoms with Crippen LogP contribution in [0.25, 0.3) is 0 Å². The van der Waals surface area contributed by atoms with Crippen molar-refractivity contribution in [3.05, 3.63) is 16.1 Å². The van der Waals surface area contributed by atoms with Gasteiger partial charge in [0, 0.05) is 23.7 Å². The van der Waals surface area contributed by atoms with Crippen LogP contribution in [0, 0.1) is 12.8 Å². The normalized spacial score (nSPS) is 25.8. The average Bonchev–Trinajstić information content (AvgIpc) is 2.63. The summed E-state index contributed by atoms with van der Waals surface area (Å²) in [6.07, 6.45) is 10.3. The van der Waals surface area contributed by atoms with Crippen LogP contribution in [0.5, 0.6) is 0 Å². The molecule has 1 aromatic rings. The predicted molar refractivity (Wildman–Crippen MR) is 74.3 cm³/mol. The number of rotatable bonds is 4. The van der Waals surface area contributed by atoms with Crippen molar-refractivity contribution in [1.29, 1.82) is 0 Å². The van der Waals surface area contributed by atoms with E-state index in [0.29, 0.717) is 0 Å². The molecule has 1 N–H and O–H groups in total. The molecule has 1 fully saturated rings. The lowest BCUT2D eigenvalue weighted by atomic mass is 9.98. The van der Waals surface area contributed by atoms with Gasteiger partial charge in [0.1, 0.15) is 5.01 Å². The Morgan fingerprint density at radius 1 is 1.35 bits per heavy atom. The third-order valence-corrected chi connectivity index (χ3v) is 4.79. The SMILES string of the molecule is CCC1CCCC(NCc2ncc(C)s2)CC1. The van der Waals surface area contributed by atoms with E-state index in [0.717, 1.165) is 18.5 Å². The van der Waals surface area contributed by atoms with Crippen LogP contribution in [0.3, 0.4) is 0 Å². The van der Waals surface area contributed by atoms with Gasteiger partial charge in [0.2, 0.25) is 0 Å². The number of nitrogens with one attached hydrogen (secondary N) is 1. The van der Waals surface area contributed by atoms with E-state index >= 15 is 0 Å². The molecule has 0 aliphatic heterocycles. The molecule has 0 bridgehead atoms. The Bertz CT molecular complexity index is 335.